The Morgan fingerprint density at radius 1 is 1.31 bits per heavy atom. The molecule has 1 aromatic rings. The average molecular weight is 261 g/mol. The fourth-order valence-corrected chi connectivity index (χ4v) is 2.37. The molecular formula is C12H14Cl2O2. The molecule has 0 spiro atoms. The number of ether oxygens (including phenoxy) is 1. The summed E-state index contributed by atoms with van der Waals surface area (Å²) in [7, 11) is 0. The summed E-state index contributed by atoms with van der Waals surface area (Å²) >= 11 is 11.9. The molecule has 0 radical (unpaired) electrons. The molecule has 2 rings (SSSR count). The van der Waals surface area contributed by atoms with Gasteiger partial charge >= 0.3 is 0 Å². The highest BCUT2D eigenvalue weighted by Gasteiger charge is 2.25. The predicted octanol–water partition coefficient (Wildman–Crippen LogP) is 3.60. The lowest BCUT2D eigenvalue weighted by molar-refractivity contribution is -0.0633. The largest absolute Gasteiger partial charge is 0.386 e. The molecule has 1 aromatic carbocycles. The Kier molecular flexibility index (Phi) is 4.09. The van der Waals surface area contributed by atoms with Crippen LogP contribution in [0, 0.1) is 0 Å². The maximum Gasteiger partial charge on any atom is 0.107 e. The molecule has 88 valence electrons. The van der Waals surface area contributed by atoms with Gasteiger partial charge in [0.25, 0.3) is 0 Å². The molecule has 1 heterocycles. The van der Waals surface area contributed by atoms with Gasteiger partial charge in [-0.1, -0.05) is 23.2 Å². The smallest absolute Gasteiger partial charge is 0.107 e. The summed E-state index contributed by atoms with van der Waals surface area (Å²) in [4.78, 5) is 0. The van der Waals surface area contributed by atoms with Crippen LogP contribution in [0.5, 0.6) is 0 Å². The summed E-state index contributed by atoms with van der Waals surface area (Å²) in [6, 6.07) is 5.11. The van der Waals surface area contributed by atoms with Gasteiger partial charge in [-0.25, -0.2) is 0 Å². The second-order valence-corrected chi connectivity index (χ2v) is 4.86. The lowest BCUT2D eigenvalue weighted by Gasteiger charge is -2.27. The van der Waals surface area contributed by atoms with E-state index < -0.39 is 6.10 Å². The van der Waals surface area contributed by atoms with E-state index in [4.69, 9.17) is 27.9 Å². The first kappa shape index (κ1) is 12.2. The second kappa shape index (κ2) is 5.37. The van der Waals surface area contributed by atoms with Crippen molar-refractivity contribution >= 4 is 23.2 Å². The fraction of sp³-hybridized carbons (Fsp3) is 0.500. The van der Waals surface area contributed by atoms with Crippen LogP contribution in [0.25, 0.3) is 0 Å². The van der Waals surface area contributed by atoms with Crippen LogP contribution >= 0.6 is 23.2 Å². The van der Waals surface area contributed by atoms with Gasteiger partial charge < -0.3 is 9.84 Å². The maximum atomic E-state index is 10.2. The molecule has 2 nitrogen and oxygen atoms in total. The zero-order valence-electron chi connectivity index (χ0n) is 8.83. The van der Waals surface area contributed by atoms with Crippen molar-refractivity contribution in [1.82, 2.24) is 0 Å². The summed E-state index contributed by atoms with van der Waals surface area (Å²) in [6.45, 7) is 0.708. The zero-order chi connectivity index (χ0) is 11.5. The molecule has 0 amide bonds. The molecule has 0 aliphatic carbocycles. The van der Waals surface area contributed by atoms with Crippen LogP contribution in [0.15, 0.2) is 18.2 Å². The minimum Gasteiger partial charge on any atom is -0.386 e. The molecule has 2 atom stereocenters. The lowest BCUT2D eigenvalue weighted by atomic mass is 9.98. The summed E-state index contributed by atoms with van der Waals surface area (Å²) < 4.78 is 5.54. The Hall–Kier alpha value is -0.280. The number of aliphatic hydroxyl groups excluding tert-OH is 1. The molecule has 1 aliphatic heterocycles. The minimum atomic E-state index is -0.688. The molecule has 1 N–H and O–H groups in total. The summed E-state index contributed by atoms with van der Waals surface area (Å²) in [5.74, 6) is 0. The van der Waals surface area contributed by atoms with E-state index in [0.29, 0.717) is 22.2 Å². The first-order valence-electron chi connectivity index (χ1n) is 5.43. The average Bonchev–Trinajstić information content (AvgIpc) is 2.32. The van der Waals surface area contributed by atoms with Gasteiger partial charge in [0.05, 0.1) is 6.10 Å². The summed E-state index contributed by atoms with van der Waals surface area (Å²) in [6.07, 6.45) is 2.16. The van der Waals surface area contributed by atoms with Crippen LogP contribution in [0.3, 0.4) is 0 Å². The zero-order valence-corrected chi connectivity index (χ0v) is 10.3. The van der Waals surface area contributed by atoms with E-state index in [2.05, 4.69) is 0 Å². The third-order valence-corrected chi connectivity index (χ3v) is 3.42. The number of aliphatic hydroxyl groups is 1. The third-order valence-electron chi connectivity index (χ3n) is 2.84. The number of halogens is 2. The molecular weight excluding hydrogens is 247 g/mol. The van der Waals surface area contributed by atoms with Gasteiger partial charge in [0.2, 0.25) is 0 Å². The molecule has 0 saturated carbocycles. The first-order chi connectivity index (χ1) is 7.68. The molecule has 1 fully saturated rings. The molecule has 0 aromatic heterocycles. The molecule has 16 heavy (non-hydrogen) atoms. The van der Waals surface area contributed by atoms with Crippen molar-refractivity contribution in [1.29, 1.82) is 0 Å². The first-order valence-corrected chi connectivity index (χ1v) is 6.18. The fourth-order valence-electron chi connectivity index (χ4n) is 1.96. The van der Waals surface area contributed by atoms with Crippen molar-refractivity contribution in [3.63, 3.8) is 0 Å². The third kappa shape index (κ3) is 2.69. The predicted molar refractivity (Wildman–Crippen MR) is 65.0 cm³/mol. The standard InChI is InChI=1S/C12H14Cl2O2/c13-8-4-5-10(14)9(7-8)12(15)11-3-1-2-6-16-11/h4-5,7,11-12,15H,1-3,6H2. The van der Waals surface area contributed by atoms with Gasteiger partial charge in [-0.3, -0.25) is 0 Å². The van der Waals surface area contributed by atoms with Gasteiger partial charge in [0, 0.05) is 22.2 Å². The van der Waals surface area contributed by atoms with E-state index in [1.54, 1.807) is 18.2 Å². The number of hydrogen-bond donors (Lipinski definition) is 1. The molecule has 1 aliphatic rings. The van der Waals surface area contributed by atoms with E-state index >= 15 is 0 Å². The van der Waals surface area contributed by atoms with Crippen molar-refractivity contribution in [2.75, 3.05) is 6.61 Å². The number of benzene rings is 1. The number of rotatable bonds is 2. The van der Waals surface area contributed by atoms with Crippen LogP contribution in [-0.4, -0.2) is 17.8 Å². The van der Waals surface area contributed by atoms with Gasteiger partial charge in [0.15, 0.2) is 0 Å². The highest BCUT2D eigenvalue weighted by molar-refractivity contribution is 6.33. The van der Waals surface area contributed by atoms with Crippen molar-refractivity contribution < 1.29 is 9.84 Å². The number of hydrogen-bond acceptors (Lipinski definition) is 2. The van der Waals surface area contributed by atoms with Crippen LogP contribution in [0.1, 0.15) is 30.9 Å². The molecule has 0 bridgehead atoms. The monoisotopic (exact) mass is 260 g/mol. The Bertz CT molecular complexity index is 362. The second-order valence-electron chi connectivity index (χ2n) is 4.02. The van der Waals surface area contributed by atoms with Crippen LogP contribution in [0.2, 0.25) is 10.0 Å². The quantitative estimate of drug-likeness (QED) is 0.881. The Morgan fingerprint density at radius 3 is 2.81 bits per heavy atom. The van der Waals surface area contributed by atoms with E-state index in [1.807, 2.05) is 0 Å². The summed E-state index contributed by atoms with van der Waals surface area (Å²) in [5.41, 5.74) is 0.654. The minimum absolute atomic E-state index is 0.162. The van der Waals surface area contributed by atoms with Gasteiger partial charge in [0.1, 0.15) is 6.10 Å². The van der Waals surface area contributed by atoms with Gasteiger partial charge in [-0.2, -0.15) is 0 Å². The molecule has 4 heteroatoms. The Morgan fingerprint density at radius 2 is 2.12 bits per heavy atom. The van der Waals surface area contributed by atoms with E-state index in [1.165, 1.54) is 0 Å². The Labute approximate surface area is 105 Å². The lowest BCUT2D eigenvalue weighted by Crippen LogP contribution is -2.26. The van der Waals surface area contributed by atoms with Crippen molar-refractivity contribution in [2.24, 2.45) is 0 Å². The Balaban J connectivity index is 2.18. The topological polar surface area (TPSA) is 29.5 Å². The van der Waals surface area contributed by atoms with Crippen LogP contribution in [-0.2, 0) is 4.74 Å². The summed E-state index contributed by atoms with van der Waals surface area (Å²) in [5, 5.41) is 11.3. The highest BCUT2D eigenvalue weighted by Crippen LogP contribution is 2.32. The van der Waals surface area contributed by atoms with E-state index in [0.717, 1.165) is 19.3 Å². The van der Waals surface area contributed by atoms with Gasteiger partial charge in [-0.15, -0.1) is 0 Å². The van der Waals surface area contributed by atoms with Crippen molar-refractivity contribution in [3.05, 3.63) is 33.8 Å². The SMILES string of the molecule is OC(c1cc(Cl)ccc1Cl)C1CCCCO1. The maximum absolute atomic E-state index is 10.2. The van der Waals surface area contributed by atoms with E-state index in [-0.39, 0.29) is 6.10 Å². The highest BCUT2D eigenvalue weighted by atomic mass is 35.5. The molecule has 2 unspecified atom stereocenters. The van der Waals surface area contributed by atoms with Gasteiger partial charge in [-0.05, 0) is 37.5 Å². The van der Waals surface area contributed by atoms with Crippen molar-refractivity contribution in [2.45, 2.75) is 31.5 Å². The normalized spacial score (nSPS) is 23.1. The van der Waals surface area contributed by atoms with Crippen LogP contribution in [0.4, 0.5) is 0 Å². The van der Waals surface area contributed by atoms with Crippen molar-refractivity contribution in [3.8, 4) is 0 Å². The van der Waals surface area contributed by atoms with Crippen LogP contribution < -0.4 is 0 Å². The van der Waals surface area contributed by atoms with E-state index in [9.17, 15) is 5.11 Å². The molecule has 1 saturated heterocycles.